The predicted octanol–water partition coefficient (Wildman–Crippen LogP) is 2.52. The Hall–Kier alpha value is -2.34. The molecule has 1 atom stereocenters. The number of aromatic nitrogens is 1. The van der Waals surface area contributed by atoms with Gasteiger partial charge in [-0.3, -0.25) is 9.78 Å². The van der Waals surface area contributed by atoms with Gasteiger partial charge in [-0.1, -0.05) is 15.9 Å². The quantitative estimate of drug-likeness (QED) is 0.825. The van der Waals surface area contributed by atoms with Crippen molar-refractivity contribution in [3.63, 3.8) is 0 Å². The van der Waals surface area contributed by atoms with Crippen molar-refractivity contribution >= 4 is 21.8 Å². The smallest absolute Gasteiger partial charge is 0.257 e. The zero-order valence-electron chi connectivity index (χ0n) is 12.9. The highest BCUT2D eigenvalue weighted by atomic mass is 79.9. The second-order valence-corrected chi connectivity index (χ2v) is 6.29. The van der Waals surface area contributed by atoms with Crippen molar-refractivity contribution in [2.24, 2.45) is 0 Å². The third-order valence-corrected chi connectivity index (χ3v) is 4.23. The summed E-state index contributed by atoms with van der Waals surface area (Å²) in [5.41, 5.74) is 1.30. The summed E-state index contributed by atoms with van der Waals surface area (Å²) in [5.74, 6) is -0.944. The largest absolute Gasteiger partial charge is 0.394 e. The van der Waals surface area contributed by atoms with E-state index < -0.39 is 12.0 Å². The minimum atomic E-state index is -0.944. The van der Waals surface area contributed by atoms with Crippen molar-refractivity contribution < 1.29 is 19.0 Å². The lowest BCUT2D eigenvalue weighted by molar-refractivity contribution is -0.0550. The molecule has 25 heavy (non-hydrogen) atoms. The standard InChI is InChI=1S/C17H13BrFN3O3/c18-11-5-13-15(14(19)6-11)17(25-4-3-23)22(16(13)24)9-12-2-1-10(7-20)8-21-12/h1-2,5-6,8,17,23H,3-4,9H2. The molecule has 8 heteroatoms. The maximum Gasteiger partial charge on any atom is 0.257 e. The Morgan fingerprint density at radius 2 is 2.24 bits per heavy atom. The summed E-state index contributed by atoms with van der Waals surface area (Å²) in [6.45, 7) is -0.197. The molecule has 0 spiro atoms. The van der Waals surface area contributed by atoms with E-state index in [-0.39, 0.29) is 36.8 Å². The third-order valence-electron chi connectivity index (χ3n) is 3.77. The van der Waals surface area contributed by atoms with E-state index in [4.69, 9.17) is 15.1 Å². The number of amides is 1. The first-order chi connectivity index (χ1) is 12.0. The van der Waals surface area contributed by atoms with Crippen molar-refractivity contribution in [3.8, 4) is 6.07 Å². The van der Waals surface area contributed by atoms with E-state index in [1.165, 1.54) is 17.2 Å². The molecule has 0 aliphatic carbocycles. The third kappa shape index (κ3) is 3.39. The number of carbonyl (C=O) groups is 1. The molecular formula is C17H13BrFN3O3. The van der Waals surface area contributed by atoms with Gasteiger partial charge in [0.1, 0.15) is 11.9 Å². The van der Waals surface area contributed by atoms with Gasteiger partial charge in [-0.25, -0.2) is 4.39 Å². The van der Waals surface area contributed by atoms with Gasteiger partial charge in [-0.15, -0.1) is 0 Å². The second kappa shape index (κ2) is 7.27. The maximum absolute atomic E-state index is 14.4. The first kappa shape index (κ1) is 17.5. The maximum atomic E-state index is 14.4. The van der Waals surface area contributed by atoms with Crippen LogP contribution in [0.4, 0.5) is 4.39 Å². The van der Waals surface area contributed by atoms with Crippen LogP contribution >= 0.6 is 15.9 Å². The highest BCUT2D eigenvalue weighted by Crippen LogP contribution is 2.38. The predicted molar refractivity (Wildman–Crippen MR) is 88.7 cm³/mol. The SMILES string of the molecule is N#Cc1ccc(CN2C(=O)c3cc(Br)cc(F)c3C2OCCO)nc1. The highest BCUT2D eigenvalue weighted by molar-refractivity contribution is 9.10. The van der Waals surface area contributed by atoms with Gasteiger partial charge in [-0.05, 0) is 24.3 Å². The monoisotopic (exact) mass is 405 g/mol. The van der Waals surface area contributed by atoms with Gasteiger partial charge in [0.15, 0.2) is 6.23 Å². The van der Waals surface area contributed by atoms with Crippen molar-refractivity contribution in [2.75, 3.05) is 13.2 Å². The number of hydrogen-bond donors (Lipinski definition) is 1. The van der Waals surface area contributed by atoms with E-state index in [0.29, 0.717) is 15.7 Å². The van der Waals surface area contributed by atoms with E-state index in [0.717, 1.165) is 0 Å². The number of carbonyl (C=O) groups excluding carboxylic acids is 1. The molecule has 128 valence electrons. The molecule has 2 aromatic rings. The molecular weight excluding hydrogens is 393 g/mol. The van der Waals surface area contributed by atoms with E-state index in [1.54, 1.807) is 18.2 Å². The molecule has 0 radical (unpaired) electrons. The zero-order valence-corrected chi connectivity index (χ0v) is 14.5. The van der Waals surface area contributed by atoms with Crippen LogP contribution in [0.1, 0.15) is 33.4 Å². The van der Waals surface area contributed by atoms with E-state index in [1.807, 2.05) is 6.07 Å². The Kier molecular flexibility index (Phi) is 5.08. The van der Waals surface area contributed by atoms with Gasteiger partial charge in [0.2, 0.25) is 0 Å². The van der Waals surface area contributed by atoms with Gasteiger partial charge in [0, 0.05) is 16.2 Å². The first-order valence-electron chi connectivity index (χ1n) is 7.42. The fourth-order valence-electron chi connectivity index (χ4n) is 2.68. The molecule has 6 nitrogen and oxygen atoms in total. The Morgan fingerprint density at radius 1 is 1.44 bits per heavy atom. The molecule has 1 unspecified atom stereocenters. The van der Waals surface area contributed by atoms with Gasteiger partial charge < -0.3 is 14.7 Å². The minimum absolute atomic E-state index is 0.0375. The Morgan fingerprint density at radius 3 is 2.88 bits per heavy atom. The summed E-state index contributed by atoms with van der Waals surface area (Å²) in [7, 11) is 0. The van der Waals surface area contributed by atoms with Crippen molar-refractivity contribution in [2.45, 2.75) is 12.8 Å². The van der Waals surface area contributed by atoms with Gasteiger partial charge >= 0.3 is 0 Å². The summed E-state index contributed by atoms with van der Waals surface area (Å²) in [4.78, 5) is 18.2. The average Bonchev–Trinajstić information content (AvgIpc) is 2.86. The van der Waals surface area contributed by atoms with Crippen molar-refractivity contribution in [1.29, 1.82) is 5.26 Å². The lowest BCUT2D eigenvalue weighted by Crippen LogP contribution is -2.30. The van der Waals surface area contributed by atoms with Crippen LogP contribution in [0, 0.1) is 17.1 Å². The highest BCUT2D eigenvalue weighted by Gasteiger charge is 2.40. The van der Waals surface area contributed by atoms with E-state index in [2.05, 4.69) is 20.9 Å². The number of rotatable bonds is 5. The molecule has 1 amide bonds. The zero-order chi connectivity index (χ0) is 18.0. The first-order valence-corrected chi connectivity index (χ1v) is 8.22. The molecule has 1 N–H and O–H groups in total. The molecule has 1 aromatic heterocycles. The van der Waals surface area contributed by atoms with Crippen LogP contribution in [0.15, 0.2) is 34.9 Å². The molecule has 2 heterocycles. The lowest BCUT2D eigenvalue weighted by atomic mass is 10.1. The number of fused-ring (bicyclic) bond motifs is 1. The number of aliphatic hydroxyl groups excluding tert-OH is 1. The number of nitriles is 1. The van der Waals surface area contributed by atoms with E-state index in [9.17, 15) is 9.18 Å². The van der Waals surface area contributed by atoms with Gasteiger partial charge in [-0.2, -0.15) is 5.26 Å². The van der Waals surface area contributed by atoms with Crippen molar-refractivity contribution in [1.82, 2.24) is 9.88 Å². The molecule has 0 fully saturated rings. The number of benzene rings is 1. The van der Waals surface area contributed by atoms with Crippen LogP contribution in [-0.4, -0.2) is 34.1 Å². The van der Waals surface area contributed by atoms with Crippen LogP contribution in [0.3, 0.4) is 0 Å². The molecule has 0 saturated carbocycles. The molecule has 1 aliphatic heterocycles. The molecule has 0 bridgehead atoms. The summed E-state index contributed by atoms with van der Waals surface area (Å²) < 4.78 is 20.4. The number of pyridine rings is 1. The Labute approximate surface area is 151 Å². The number of aliphatic hydroxyl groups is 1. The number of hydrogen-bond acceptors (Lipinski definition) is 5. The fourth-order valence-corrected chi connectivity index (χ4v) is 3.11. The molecule has 0 saturated heterocycles. The number of ether oxygens (including phenoxy) is 1. The molecule has 1 aliphatic rings. The molecule has 3 rings (SSSR count). The summed E-state index contributed by atoms with van der Waals surface area (Å²) in [6, 6.07) is 8.01. The summed E-state index contributed by atoms with van der Waals surface area (Å²) in [6.07, 6.45) is 0.462. The second-order valence-electron chi connectivity index (χ2n) is 5.38. The average molecular weight is 406 g/mol. The van der Waals surface area contributed by atoms with Crippen LogP contribution in [0.2, 0.25) is 0 Å². The van der Waals surface area contributed by atoms with Crippen LogP contribution < -0.4 is 0 Å². The molecule has 1 aromatic carbocycles. The Balaban J connectivity index is 1.95. The van der Waals surface area contributed by atoms with Crippen LogP contribution in [0.5, 0.6) is 0 Å². The van der Waals surface area contributed by atoms with Gasteiger partial charge in [0.25, 0.3) is 5.91 Å². The summed E-state index contributed by atoms with van der Waals surface area (Å²) in [5, 5.41) is 17.8. The van der Waals surface area contributed by atoms with Crippen LogP contribution in [-0.2, 0) is 11.3 Å². The summed E-state index contributed by atoms with van der Waals surface area (Å²) >= 11 is 3.18. The van der Waals surface area contributed by atoms with E-state index >= 15 is 0 Å². The van der Waals surface area contributed by atoms with Crippen LogP contribution in [0.25, 0.3) is 0 Å². The minimum Gasteiger partial charge on any atom is -0.394 e. The Bertz CT molecular complexity index is 851. The number of halogens is 2. The fraction of sp³-hybridized carbons (Fsp3) is 0.235. The number of nitrogens with zero attached hydrogens (tertiary/aromatic N) is 3. The lowest BCUT2D eigenvalue weighted by Gasteiger charge is -2.25. The topological polar surface area (TPSA) is 86.5 Å². The van der Waals surface area contributed by atoms with Gasteiger partial charge in [0.05, 0.1) is 36.6 Å². The van der Waals surface area contributed by atoms with Crippen molar-refractivity contribution in [3.05, 3.63) is 63.1 Å². The normalized spacial score (nSPS) is 16.0.